The molecule has 0 atom stereocenters. The number of rotatable bonds is 5. The van der Waals surface area contributed by atoms with E-state index in [0.717, 1.165) is 18.2 Å². The van der Waals surface area contributed by atoms with Crippen LogP contribution < -0.4 is 4.72 Å². The zero-order valence-electron chi connectivity index (χ0n) is 14.3. The molecule has 4 aromatic rings. The summed E-state index contributed by atoms with van der Waals surface area (Å²) in [5, 5.41) is 6.29. The predicted molar refractivity (Wildman–Crippen MR) is 98.8 cm³/mol. The molecule has 4 rings (SSSR count). The van der Waals surface area contributed by atoms with E-state index in [0.29, 0.717) is 22.3 Å². The van der Waals surface area contributed by atoms with Crippen LogP contribution in [0.3, 0.4) is 0 Å². The fourth-order valence-corrected chi connectivity index (χ4v) is 4.49. The van der Waals surface area contributed by atoms with Crippen molar-refractivity contribution in [2.75, 3.05) is 4.72 Å². The van der Waals surface area contributed by atoms with Gasteiger partial charge in [0.2, 0.25) is 5.13 Å². The van der Waals surface area contributed by atoms with E-state index in [1.807, 2.05) is 0 Å². The molecule has 0 aliphatic carbocycles. The van der Waals surface area contributed by atoms with E-state index in [-0.39, 0.29) is 5.82 Å². The van der Waals surface area contributed by atoms with Crippen LogP contribution in [0.25, 0.3) is 16.6 Å². The Kier molecular flexibility index (Phi) is 4.47. The Morgan fingerprint density at radius 3 is 2.61 bits per heavy atom. The second kappa shape index (κ2) is 6.84. The second-order valence-corrected chi connectivity index (χ2v) is 8.19. The van der Waals surface area contributed by atoms with Gasteiger partial charge in [0, 0.05) is 11.4 Å². The van der Waals surface area contributed by atoms with Crippen LogP contribution in [0, 0.1) is 18.6 Å². The molecular weight excluding hydrogens is 410 g/mol. The lowest BCUT2D eigenvalue weighted by Gasteiger charge is -2.10. The molecule has 0 unspecified atom stereocenters. The molecule has 0 amide bonds. The Bertz CT molecular complexity index is 1230. The number of nitrogens with one attached hydrogen (secondary N) is 1. The van der Waals surface area contributed by atoms with Crippen LogP contribution in [-0.2, 0) is 10.0 Å². The summed E-state index contributed by atoms with van der Waals surface area (Å²) in [5.41, 5.74) is 1.04. The number of furan rings is 1. The highest BCUT2D eigenvalue weighted by Crippen LogP contribution is 2.28. The first-order valence-electron chi connectivity index (χ1n) is 7.88. The summed E-state index contributed by atoms with van der Waals surface area (Å²) >= 11 is 1.20. The molecular formula is C17H12F2N4O3S2. The van der Waals surface area contributed by atoms with Gasteiger partial charge in [-0.3, -0.25) is 4.72 Å². The van der Waals surface area contributed by atoms with Gasteiger partial charge >= 0.3 is 0 Å². The molecule has 28 heavy (non-hydrogen) atoms. The van der Waals surface area contributed by atoms with Gasteiger partial charge in [0.05, 0.1) is 12.0 Å². The van der Waals surface area contributed by atoms with Crippen LogP contribution in [0.15, 0.2) is 57.4 Å². The zero-order chi connectivity index (χ0) is 19.9. The van der Waals surface area contributed by atoms with Crippen LogP contribution >= 0.6 is 11.3 Å². The number of nitrogens with zero attached hydrogens (tertiary/aromatic N) is 3. The zero-order valence-corrected chi connectivity index (χ0v) is 15.9. The SMILES string of the molecule is Cc1cc(NS(=O)(=O)c2c(F)cccc2F)n(-c2nc(-c3ccco3)cs2)n1. The van der Waals surface area contributed by atoms with Crippen LogP contribution in [0.2, 0.25) is 0 Å². The molecule has 1 aromatic carbocycles. The predicted octanol–water partition coefficient (Wildman–Crippen LogP) is 3.98. The number of hydrogen-bond donors (Lipinski definition) is 1. The minimum Gasteiger partial charge on any atom is -0.463 e. The smallest absolute Gasteiger partial charge is 0.268 e. The second-order valence-electron chi connectivity index (χ2n) is 5.73. The summed E-state index contributed by atoms with van der Waals surface area (Å²) in [5.74, 6) is -1.84. The Balaban J connectivity index is 1.73. The summed E-state index contributed by atoms with van der Waals surface area (Å²) in [6.07, 6.45) is 1.51. The summed E-state index contributed by atoms with van der Waals surface area (Å²) < 4.78 is 61.7. The quantitative estimate of drug-likeness (QED) is 0.526. The molecule has 3 heterocycles. The first kappa shape index (κ1) is 18.3. The lowest BCUT2D eigenvalue weighted by Crippen LogP contribution is -2.18. The van der Waals surface area contributed by atoms with E-state index in [1.54, 1.807) is 24.4 Å². The van der Waals surface area contributed by atoms with Crippen LogP contribution in [0.4, 0.5) is 14.6 Å². The summed E-state index contributed by atoms with van der Waals surface area (Å²) in [4.78, 5) is 3.32. The highest BCUT2D eigenvalue weighted by atomic mass is 32.2. The van der Waals surface area contributed by atoms with Crippen molar-refractivity contribution in [1.82, 2.24) is 14.8 Å². The number of aryl methyl sites for hydroxylation is 1. The van der Waals surface area contributed by atoms with Gasteiger partial charge in [-0.15, -0.1) is 11.3 Å². The fraction of sp³-hybridized carbons (Fsp3) is 0.0588. The molecule has 3 aromatic heterocycles. The van der Waals surface area contributed by atoms with Crippen molar-refractivity contribution in [2.45, 2.75) is 11.8 Å². The maximum atomic E-state index is 13.9. The van der Waals surface area contributed by atoms with Gasteiger partial charge in [0.15, 0.2) is 10.7 Å². The third-order valence-corrected chi connectivity index (χ3v) is 5.93. The highest BCUT2D eigenvalue weighted by molar-refractivity contribution is 7.92. The standard InChI is InChI=1S/C17H12F2N4O3S2/c1-10-8-15(22-28(24,25)16-11(18)4-2-5-12(16)19)23(21-10)17-20-13(9-27-17)14-6-3-7-26-14/h2-9,22H,1H3. The topological polar surface area (TPSA) is 90.0 Å². The molecule has 0 radical (unpaired) electrons. The van der Waals surface area contributed by atoms with E-state index in [2.05, 4.69) is 14.8 Å². The van der Waals surface area contributed by atoms with Crippen molar-refractivity contribution in [3.8, 4) is 16.6 Å². The Morgan fingerprint density at radius 2 is 1.93 bits per heavy atom. The average Bonchev–Trinajstić information content (AvgIpc) is 3.34. The average molecular weight is 422 g/mol. The third-order valence-electron chi connectivity index (χ3n) is 3.71. The number of halogens is 2. The lowest BCUT2D eigenvalue weighted by atomic mass is 10.3. The van der Waals surface area contributed by atoms with Gasteiger partial charge in [-0.25, -0.2) is 22.2 Å². The van der Waals surface area contributed by atoms with E-state index >= 15 is 0 Å². The minimum atomic E-state index is -4.53. The van der Waals surface area contributed by atoms with Crippen molar-refractivity contribution in [1.29, 1.82) is 0 Å². The molecule has 11 heteroatoms. The fourth-order valence-electron chi connectivity index (χ4n) is 2.54. The lowest BCUT2D eigenvalue weighted by molar-refractivity contribution is 0.521. The number of sulfonamides is 1. The van der Waals surface area contributed by atoms with Gasteiger partial charge in [0.25, 0.3) is 10.0 Å². The molecule has 0 saturated heterocycles. The van der Waals surface area contributed by atoms with Gasteiger partial charge in [-0.1, -0.05) is 6.07 Å². The molecule has 144 valence electrons. The Morgan fingerprint density at radius 1 is 1.18 bits per heavy atom. The molecule has 7 nitrogen and oxygen atoms in total. The van der Waals surface area contributed by atoms with Gasteiger partial charge < -0.3 is 4.42 Å². The normalized spacial score (nSPS) is 11.7. The number of aromatic nitrogens is 3. The Hall–Kier alpha value is -3.05. The number of benzene rings is 1. The molecule has 0 bridgehead atoms. The Labute approximate surface area is 162 Å². The number of hydrogen-bond acceptors (Lipinski definition) is 6. The van der Waals surface area contributed by atoms with E-state index in [1.165, 1.54) is 28.3 Å². The van der Waals surface area contributed by atoms with Crippen molar-refractivity contribution < 1.29 is 21.6 Å². The van der Waals surface area contributed by atoms with Crippen molar-refractivity contribution in [2.24, 2.45) is 0 Å². The van der Waals surface area contributed by atoms with Crippen molar-refractivity contribution in [3.63, 3.8) is 0 Å². The van der Waals surface area contributed by atoms with Crippen LogP contribution in [0.5, 0.6) is 0 Å². The van der Waals surface area contributed by atoms with Crippen LogP contribution in [0.1, 0.15) is 5.69 Å². The van der Waals surface area contributed by atoms with E-state index in [9.17, 15) is 17.2 Å². The molecule has 0 saturated carbocycles. The summed E-state index contributed by atoms with van der Waals surface area (Å²) in [6.45, 7) is 1.65. The summed E-state index contributed by atoms with van der Waals surface area (Å²) in [6, 6.07) is 7.72. The van der Waals surface area contributed by atoms with Crippen molar-refractivity contribution in [3.05, 3.63) is 65.4 Å². The maximum Gasteiger partial charge on any atom is 0.268 e. The van der Waals surface area contributed by atoms with Gasteiger partial charge in [-0.05, 0) is 31.2 Å². The monoisotopic (exact) mass is 422 g/mol. The minimum absolute atomic E-state index is 0.000461. The number of anilines is 1. The van der Waals surface area contributed by atoms with Crippen molar-refractivity contribution >= 4 is 27.2 Å². The van der Waals surface area contributed by atoms with E-state index < -0.39 is 26.6 Å². The molecule has 0 aliphatic rings. The largest absolute Gasteiger partial charge is 0.463 e. The first-order chi connectivity index (χ1) is 13.3. The third kappa shape index (κ3) is 3.29. The number of thiazole rings is 1. The molecule has 0 aliphatic heterocycles. The maximum absolute atomic E-state index is 13.9. The van der Waals surface area contributed by atoms with Gasteiger partial charge in [-0.2, -0.15) is 9.78 Å². The first-order valence-corrected chi connectivity index (χ1v) is 10.2. The molecule has 0 spiro atoms. The molecule has 0 fully saturated rings. The highest BCUT2D eigenvalue weighted by Gasteiger charge is 2.26. The van der Waals surface area contributed by atoms with Crippen LogP contribution in [-0.4, -0.2) is 23.2 Å². The summed E-state index contributed by atoms with van der Waals surface area (Å²) in [7, 11) is -4.53. The molecule has 1 N–H and O–H groups in total. The van der Waals surface area contributed by atoms with E-state index in [4.69, 9.17) is 4.42 Å². The van der Waals surface area contributed by atoms with Gasteiger partial charge in [0.1, 0.15) is 23.1 Å².